The fraction of sp³-hybridized carbons (Fsp3) is 0.619. The summed E-state index contributed by atoms with van der Waals surface area (Å²) in [7, 11) is 0. The van der Waals surface area contributed by atoms with E-state index in [1.807, 2.05) is 4.57 Å². The molecule has 2 N–H and O–H groups in total. The molecule has 3 heterocycles. The van der Waals surface area contributed by atoms with Crippen molar-refractivity contribution in [3.63, 3.8) is 0 Å². The van der Waals surface area contributed by atoms with E-state index >= 15 is 0 Å². The molecule has 0 bridgehead atoms. The summed E-state index contributed by atoms with van der Waals surface area (Å²) in [5.74, 6) is -0.716. The molecule has 8 nitrogen and oxygen atoms in total. The minimum absolute atomic E-state index is 0.168. The van der Waals surface area contributed by atoms with Gasteiger partial charge in [-0.3, -0.25) is 4.79 Å². The highest BCUT2D eigenvalue weighted by Gasteiger charge is 2.22. The molecule has 2 aromatic rings. The number of aromatic nitrogens is 3. The minimum atomic E-state index is -1.20. The van der Waals surface area contributed by atoms with Crippen LogP contribution in [0.3, 0.4) is 0 Å². The van der Waals surface area contributed by atoms with Crippen LogP contribution in [-0.4, -0.2) is 56.7 Å². The van der Waals surface area contributed by atoms with Gasteiger partial charge in [-0.15, -0.1) is 0 Å². The molecule has 0 radical (unpaired) electrons. The standard InChI is InChI=1S/C21H29N5O3/c27-18-16-13-23-21(22-9-12-25-10-5-2-6-11-25)24-19(16)26(14-17(18)20(28)29)15-7-3-1-4-8-15/h13-15H,1-12H2,(H,28,29)(H,22,23,24). The average Bonchev–Trinajstić information content (AvgIpc) is 2.75. The molecule has 1 saturated carbocycles. The Hall–Kier alpha value is -2.48. The van der Waals surface area contributed by atoms with E-state index in [1.54, 1.807) is 0 Å². The van der Waals surface area contributed by atoms with Crippen LogP contribution in [0.2, 0.25) is 0 Å². The van der Waals surface area contributed by atoms with Gasteiger partial charge in [0.1, 0.15) is 11.2 Å². The van der Waals surface area contributed by atoms with Gasteiger partial charge in [-0.1, -0.05) is 25.7 Å². The predicted molar refractivity (Wildman–Crippen MR) is 112 cm³/mol. The van der Waals surface area contributed by atoms with Gasteiger partial charge in [0.2, 0.25) is 11.4 Å². The van der Waals surface area contributed by atoms with E-state index in [-0.39, 0.29) is 17.0 Å². The Kier molecular flexibility index (Phi) is 6.08. The number of aromatic carboxylic acids is 1. The van der Waals surface area contributed by atoms with Crippen molar-refractivity contribution in [2.24, 2.45) is 0 Å². The number of hydrogen-bond donors (Lipinski definition) is 2. The highest BCUT2D eigenvalue weighted by molar-refractivity contribution is 5.91. The van der Waals surface area contributed by atoms with Crippen molar-refractivity contribution < 1.29 is 9.90 Å². The van der Waals surface area contributed by atoms with Crippen molar-refractivity contribution in [2.45, 2.75) is 57.4 Å². The molecule has 29 heavy (non-hydrogen) atoms. The molecule has 1 aliphatic carbocycles. The van der Waals surface area contributed by atoms with E-state index < -0.39 is 11.4 Å². The summed E-state index contributed by atoms with van der Waals surface area (Å²) in [5, 5.41) is 13.0. The summed E-state index contributed by atoms with van der Waals surface area (Å²) >= 11 is 0. The van der Waals surface area contributed by atoms with E-state index in [4.69, 9.17) is 0 Å². The third-order valence-corrected chi connectivity index (χ3v) is 6.13. The lowest BCUT2D eigenvalue weighted by Gasteiger charge is -2.27. The lowest BCUT2D eigenvalue weighted by Crippen LogP contribution is -2.34. The fourth-order valence-corrected chi connectivity index (χ4v) is 4.52. The number of nitrogens with one attached hydrogen (secondary N) is 1. The molecule has 0 unspecified atom stereocenters. The quantitative estimate of drug-likeness (QED) is 0.770. The predicted octanol–water partition coefficient (Wildman–Crippen LogP) is 2.89. The van der Waals surface area contributed by atoms with Crippen molar-refractivity contribution >= 4 is 23.0 Å². The average molecular weight is 399 g/mol. The molecule has 8 heteroatoms. The van der Waals surface area contributed by atoms with Crippen LogP contribution in [0.4, 0.5) is 5.95 Å². The Bertz CT molecular complexity index is 930. The normalized spacial score (nSPS) is 18.8. The first kappa shape index (κ1) is 19.8. The number of likely N-dealkylation sites (tertiary alicyclic amines) is 1. The first-order chi connectivity index (χ1) is 14.1. The van der Waals surface area contributed by atoms with Gasteiger partial charge in [0.05, 0.1) is 5.39 Å². The number of carboxylic acid groups (broad SMARTS) is 1. The first-order valence-corrected chi connectivity index (χ1v) is 10.7. The summed E-state index contributed by atoms with van der Waals surface area (Å²) in [6.45, 7) is 3.96. The largest absolute Gasteiger partial charge is 0.477 e. The van der Waals surface area contributed by atoms with Crippen LogP contribution in [0, 0.1) is 0 Å². The molecule has 0 aromatic carbocycles. The Morgan fingerprint density at radius 1 is 1.14 bits per heavy atom. The van der Waals surface area contributed by atoms with Gasteiger partial charge in [-0.25, -0.2) is 9.78 Å². The van der Waals surface area contributed by atoms with Gasteiger partial charge in [-0.05, 0) is 38.8 Å². The molecule has 0 amide bonds. The number of anilines is 1. The zero-order valence-electron chi connectivity index (χ0n) is 16.8. The second kappa shape index (κ2) is 8.90. The van der Waals surface area contributed by atoms with Crippen molar-refractivity contribution in [2.75, 3.05) is 31.5 Å². The number of nitrogens with zero attached hydrogens (tertiary/aromatic N) is 4. The van der Waals surface area contributed by atoms with Gasteiger partial charge < -0.3 is 19.9 Å². The van der Waals surface area contributed by atoms with Gasteiger partial charge in [0.15, 0.2) is 0 Å². The Morgan fingerprint density at radius 2 is 1.86 bits per heavy atom. The van der Waals surface area contributed by atoms with Crippen LogP contribution in [-0.2, 0) is 0 Å². The molecule has 2 fully saturated rings. The summed E-state index contributed by atoms with van der Waals surface area (Å²) in [5.41, 5.74) is -0.195. The zero-order valence-corrected chi connectivity index (χ0v) is 16.8. The third-order valence-electron chi connectivity index (χ3n) is 6.13. The summed E-state index contributed by atoms with van der Waals surface area (Å²) in [6.07, 6.45) is 12.1. The maximum atomic E-state index is 12.6. The van der Waals surface area contributed by atoms with Crippen molar-refractivity contribution in [3.8, 4) is 0 Å². The highest BCUT2D eigenvalue weighted by Crippen LogP contribution is 2.30. The molecule has 0 atom stereocenters. The van der Waals surface area contributed by atoms with Crippen LogP contribution in [0.1, 0.15) is 67.8 Å². The van der Waals surface area contributed by atoms with Crippen molar-refractivity contribution in [1.29, 1.82) is 0 Å². The molecule has 2 aliphatic rings. The number of carbonyl (C=O) groups is 1. The maximum absolute atomic E-state index is 12.6. The topological polar surface area (TPSA) is 100 Å². The second-order valence-electron chi connectivity index (χ2n) is 8.14. The van der Waals surface area contributed by atoms with Crippen molar-refractivity contribution in [1.82, 2.24) is 19.4 Å². The van der Waals surface area contributed by atoms with Crippen LogP contribution < -0.4 is 10.7 Å². The Balaban J connectivity index is 1.61. The second-order valence-corrected chi connectivity index (χ2v) is 8.14. The lowest BCUT2D eigenvalue weighted by atomic mass is 9.95. The van der Waals surface area contributed by atoms with Gasteiger partial charge in [0.25, 0.3) is 0 Å². The Morgan fingerprint density at radius 3 is 2.59 bits per heavy atom. The molecular formula is C21H29N5O3. The first-order valence-electron chi connectivity index (χ1n) is 10.7. The van der Waals surface area contributed by atoms with E-state index in [2.05, 4.69) is 20.2 Å². The molecule has 2 aromatic heterocycles. The SMILES string of the molecule is O=C(O)c1cn(C2CCCCC2)c2nc(NCCN3CCCCC3)ncc2c1=O. The summed E-state index contributed by atoms with van der Waals surface area (Å²) in [4.78, 5) is 35.6. The molecular weight excluding hydrogens is 370 g/mol. The Labute approximate surface area is 170 Å². The maximum Gasteiger partial charge on any atom is 0.341 e. The molecule has 0 spiro atoms. The molecule has 156 valence electrons. The molecule has 4 rings (SSSR count). The van der Waals surface area contributed by atoms with Crippen LogP contribution in [0.15, 0.2) is 17.2 Å². The molecule has 1 saturated heterocycles. The van der Waals surface area contributed by atoms with E-state index in [0.717, 1.165) is 51.9 Å². The number of rotatable bonds is 6. The van der Waals surface area contributed by atoms with E-state index in [0.29, 0.717) is 11.6 Å². The number of carboxylic acids is 1. The smallest absolute Gasteiger partial charge is 0.341 e. The van der Waals surface area contributed by atoms with Gasteiger partial charge in [-0.2, -0.15) is 4.98 Å². The monoisotopic (exact) mass is 399 g/mol. The van der Waals surface area contributed by atoms with Gasteiger partial charge >= 0.3 is 5.97 Å². The van der Waals surface area contributed by atoms with Gasteiger partial charge in [0, 0.05) is 31.5 Å². The minimum Gasteiger partial charge on any atom is -0.477 e. The molecule has 1 aliphatic heterocycles. The van der Waals surface area contributed by atoms with Crippen LogP contribution in [0.5, 0.6) is 0 Å². The van der Waals surface area contributed by atoms with E-state index in [1.165, 1.54) is 38.1 Å². The highest BCUT2D eigenvalue weighted by atomic mass is 16.4. The number of fused-ring (bicyclic) bond motifs is 1. The fourth-order valence-electron chi connectivity index (χ4n) is 4.52. The van der Waals surface area contributed by atoms with Crippen LogP contribution >= 0.6 is 0 Å². The zero-order chi connectivity index (χ0) is 20.2. The summed E-state index contributed by atoms with van der Waals surface area (Å²) in [6, 6.07) is 0.168. The third kappa shape index (κ3) is 4.42. The number of hydrogen-bond acceptors (Lipinski definition) is 6. The number of pyridine rings is 1. The number of piperidine rings is 1. The lowest BCUT2D eigenvalue weighted by molar-refractivity contribution is 0.0694. The van der Waals surface area contributed by atoms with Crippen LogP contribution in [0.25, 0.3) is 11.0 Å². The van der Waals surface area contributed by atoms with E-state index in [9.17, 15) is 14.7 Å². The summed E-state index contributed by atoms with van der Waals surface area (Å²) < 4.78 is 1.90. The van der Waals surface area contributed by atoms with Crippen molar-refractivity contribution in [3.05, 3.63) is 28.2 Å².